The van der Waals surface area contributed by atoms with E-state index in [2.05, 4.69) is 6.92 Å². The van der Waals surface area contributed by atoms with Crippen molar-refractivity contribution in [3.63, 3.8) is 0 Å². The van der Waals surface area contributed by atoms with Gasteiger partial charge in [-0.1, -0.05) is 32.9 Å². The van der Waals surface area contributed by atoms with E-state index in [1.807, 2.05) is 43.0 Å². The topological polar surface area (TPSA) is 59.1 Å². The molecule has 1 fully saturated rings. The number of rotatable bonds is 7. The molecular formula is C21H28N2O4. The van der Waals surface area contributed by atoms with Crippen molar-refractivity contribution in [2.45, 2.75) is 27.2 Å². The van der Waals surface area contributed by atoms with E-state index >= 15 is 0 Å². The van der Waals surface area contributed by atoms with Gasteiger partial charge in [0.15, 0.2) is 0 Å². The zero-order valence-corrected chi connectivity index (χ0v) is 16.4. The first-order chi connectivity index (χ1) is 13.0. The van der Waals surface area contributed by atoms with Gasteiger partial charge in [-0.15, -0.1) is 0 Å². The molecule has 146 valence electrons. The Labute approximate surface area is 160 Å². The molecule has 27 heavy (non-hydrogen) atoms. The molecule has 0 radical (unpaired) electrons. The highest BCUT2D eigenvalue weighted by Crippen LogP contribution is 2.33. The predicted molar refractivity (Wildman–Crippen MR) is 103 cm³/mol. The molecule has 0 saturated carbocycles. The first-order valence-corrected chi connectivity index (χ1v) is 9.69. The fourth-order valence-electron chi connectivity index (χ4n) is 3.37. The molecule has 3 rings (SSSR count). The summed E-state index contributed by atoms with van der Waals surface area (Å²) in [6.07, 6.45) is 0.936. The number of hydrogen-bond acceptors (Lipinski definition) is 5. The Morgan fingerprint density at radius 2 is 1.74 bits per heavy atom. The molecule has 0 aromatic heterocycles. The zero-order valence-electron chi connectivity index (χ0n) is 16.4. The Balaban J connectivity index is 1.96. The lowest BCUT2D eigenvalue weighted by Gasteiger charge is -2.29. The highest BCUT2D eigenvalue weighted by atomic mass is 16.5. The first-order valence-electron chi connectivity index (χ1n) is 9.69. The van der Waals surface area contributed by atoms with Crippen LogP contribution in [0.1, 0.15) is 32.8 Å². The van der Waals surface area contributed by atoms with Crippen LogP contribution in [0.25, 0.3) is 5.57 Å². The van der Waals surface area contributed by atoms with Crippen molar-refractivity contribution in [1.29, 1.82) is 0 Å². The van der Waals surface area contributed by atoms with Crippen LogP contribution in [-0.2, 0) is 14.3 Å². The molecule has 2 aliphatic rings. The molecule has 0 aliphatic carbocycles. The third-order valence-corrected chi connectivity index (χ3v) is 4.63. The molecule has 1 saturated heterocycles. The second-order valence-corrected chi connectivity index (χ2v) is 7.31. The van der Waals surface area contributed by atoms with Crippen LogP contribution in [0.3, 0.4) is 0 Å². The molecule has 0 N–H and O–H groups in total. The number of imide groups is 1. The monoisotopic (exact) mass is 372 g/mol. The average Bonchev–Trinajstić information content (AvgIpc) is 2.92. The number of morpholine rings is 1. The standard InChI is InChI=1S/C21H28N2O4/c1-4-11-27-17-7-5-16(6-8-17)18-19(22-9-12-26-13-10-22)21(25)23(20(18)24)14-15(2)3/h5-8,15H,4,9-14H2,1-3H3. The Morgan fingerprint density at radius 3 is 2.33 bits per heavy atom. The van der Waals surface area contributed by atoms with Crippen LogP contribution < -0.4 is 4.74 Å². The maximum atomic E-state index is 13.1. The fraction of sp³-hybridized carbons (Fsp3) is 0.524. The molecule has 0 spiro atoms. The van der Waals surface area contributed by atoms with E-state index < -0.39 is 0 Å². The van der Waals surface area contributed by atoms with Crippen molar-refractivity contribution >= 4 is 17.4 Å². The summed E-state index contributed by atoms with van der Waals surface area (Å²) in [5.74, 6) is 0.576. The van der Waals surface area contributed by atoms with Crippen molar-refractivity contribution in [3.05, 3.63) is 35.5 Å². The van der Waals surface area contributed by atoms with Crippen molar-refractivity contribution < 1.29 is 19.1 Å². The summed E-state index contributed by atoms with van der Waals surface area (Å²) in [7, 11) is 0. The van der Waals surface area contributed by atoms with Gasteiger partial charge in [0.2, 0.25) is 0 Å². The average molecular weight is 372 g/mol. The Hall–Kier alpha value is -2.34. The quantitative estimate of drug-likeness (QED) is 0.689. The Kier molecular flexibility index (Phi) is 6.16. The van der Waals surface area contributed by atoms with Gasteiger partial charge >= 0.3 is 0 Å². The van der Waals surface area contributed by atoms with Crippen LogP contribution in [0.15, 0.2) is 30.0 Å². The van der Waals surface area contributed by atoms with Crippen LogP contribution in [0.2, 0.25) is 0 Å². The number of carbonyl (C=O) groups is 2. The van der Waals surface area contributed by atoms with E-state index in [0.29, 0.717) is 50.7 Å². The van der Waals surface area contributed by atoms with Crippen LogP contribution in [0, 0.1) is 5.92 Å². The molecule has 6 nitrogen and oxygen atoms in total. The number of benzene rings is 1. The number of carbonyl (C=O) groups excluding carboxylic acids is 2. The van der Waals surface area contributed by atoms with E-state index in [1.165, 1.54) is 4.90 Å². The lowest BCUT2D eigenvalue weighted by molar-refractivity contribution is -0.138. The Morgan fingerprint density at radius 1 is 1.07 bits per heavy atom. The summed E-state index contributed by atoms with van der Waals surface area (Å²) in [5.41, 5.74) is 1.75. The van der Waals surface area contributed by atoms with Crippen molar-refractivity contribution in [3.8, 4) is 5.75 Å². The summed E-state index contributed by atoms with van der Waals surface area (Å²) < 4.78 is 11.0. The van der Waals surface area contributed by atoms with E-state index in [4.69, 9.17) is 9.47 Å². The second kappa shape index (κ2) is 8.57. The predicted octanol–water partition coefficient (Wildman–Crippen LogP) is 2.54. The highest BCUT2D eigenvalue weighted by Gasteiger charge is 2.41. The molecule has 2 aliphatic heterocycles. The third kappa shape index (κ3) is 4.16. The van der Waals surface area contributed by atoms with Gasteiger partial charge in [0.05, 0.1) is 25.4 Å². The number of nitrogens with zero attached hydrogens (tertiary/aromatic N) is 2. The van der Waals surface area contributed by atoms with E-state index in [1.54, 1.807) is 0 Å². The lowest BCUT2D eigenvalue weighted by atomic mass is 10.0. The molecular weight excluding hydrogens is 344 g/mol. The van der Waals surface area contributed by atoms with Gasteiger partial charge in [-0.05, 0) is 30.0 Å². The van der Waals surface area contributed by atoms with Gasteiger partial charge in [-0.3, -0.25) is 14.5 Å². The van der Waals surface area contributed by atoms with Crippen LogP contribution in [0.4, 0.5) is 0 Å². The van der Waals surface area contributed by atoms with Gasteiger partial charge < -0.3 is 14.4 Å². The summed E-state index contributed by atoms with van der Waals surface area (Å²) >= 11 is 0. The molecule has 1 aromatic rings. The minimum atomic E-state index is -0.211. The summed E-state index contributed by atoms with van der Waals surface area (Å²) in [5, 5.41) is 0. The fourth-order valence-corrected chi connectivity index (χ4v) is 3.37. The van der Waals surface area contributed by atoms with Gasteiger partial charge in [-0.2, -0.15) is 0 Å². The van der Waals surface area contributed by atoms with E-state index in [-0.39, 0.29) is 17.7 Å². The van der Waals surface area contributed by atoms with E-state index in [9.17, 15) is 9.59 Å². The first kappa shape index (κ1) is 19.4. The molecule has 0 unspecified atom stereocenters. The lowest BCUT2D eigenvalue weighted by Crippen LogP contribution is -2.41. The second-order valence-electron chi connectivity index (χ2n) is 7.31. The SMILES string of the molecule is CCCOc1ccc(C2=C(N3CCOCC3)C(=O)N(CC(C)C)C2=O)cc1. The van der Waals surface area contributed by atoms with Crippen LogP contribution in [0.5, 0.6) is 5.75 Å². The number of amides is 2. The molecule has 0 bridgehead atoms. The van der Waals surface area contributed by atoms with Crippen molar-refractivity contribution in [1.82, 2.24) is 9.80 Å². The summed E-state index contributed by atoms with van der Waals surface area (Å²) in [6, 6.07) is 7.45. The minimum Gasteiger partial charge on any atom is -0.494 e. The van der Waals surface area contributed by atoms with Crippen LogP contribution in [-0.4, -0.2) is 61.1 Å². The van der Waals surface area contributed by atoms with Gasteiger partial charge in [-0.25, -0.2) is 0 Å². The maximum Gasteiger partial charge on any atom is 0.277 e. The molecule has 2 amide bonds. The minimum absolute atomic E-state index is 0.197. The maximum absolute atomic E-state index is 13.1. The third-order valence-electron chi connectivity index (χ3n) is 4.63. The van der Waals surface area contributed by atoms with Crippen LogP contribution >= 0.6 is 0 Å². The summed E-state index contributed by atoms with van der Waals surface area (Å²) in [6.45, 7) is 9.50. The van der Waals surface area contributed by atoms with Gasteiger partial charge in [0.25, 0.3) is 11.8 Å². The molecule has 1 aromatic carbocycles. The van der Waals surface area contributed by atoms with Gasteiger partial charge in [0.1, 0.15) is 11.4 Å². The van der Waals surface area contributed by atoms with Crippen molar-refractivity contribution in [2.75, 3.05) is 39.5 Å². The number of hydrogen-bond donors (Lipinski definition) is 0. The normalized spacial score (nSPS) is 18.1. The highest BCUT2D eigenvalue weighted by molar-refractivity contribution is 6.35. The van der Waals surface area contributed by atoms with E-state index in [0.717, 1.165) is 17.7 Å². The number of ether oxygens (including phenoxy) is 2. The molecule has 2 heterocycles. The smallest absolute Gasteiger partial charge is 0.277 e. The molecule has 0 atom stereocenters. The van der Waals surface area contributed by atoms with Crippen molar-refractivity contribution in [2.24, 2.45) is 5.92 Å². The van der Waals surface area contributed by atoms with Gasteiger partial charge in [0, 0.05) is 19.6 Å². The summed E-state index contributed by atoms with van der Waals surface area (Å²) in [4.78, 5) is 29.6. The molecule has 6 heteroatoms. The Bertz CT molecular complexity index is 718. The zero-order chi connectivity index (χ0) is 19.4. The largest absolute Gasteiger partial charge is 0.494 e.